The Hall–Kier alpha value is -2.29. The maximum Gasteiger partial charge on any atom is 0.472 e. The minimum atomic E-state index is -4.45. The number of hydrogen-bond donors (Lipinski definition) is 2. The number of hydrogen-bond acceptors (Lipinski definition) is 6. The van der Waals surface area contributed by atoms with Crippen LogP contribution in [0.3, 0.4) is 0 Å². The van der Waals surface area contributed by atoms with Crippen LogP contribution in [0, 0.1) is 0 Å². The standard InChI is InChI=1S/C68H127N2O7P/c1-7-10-13-16-19-22-25-28-29-30-31-32-33-34-35-36-37-38-39-40-41-43-45-48-51-54-57-60-67(71)69-65(64-76-78(73,74)75-63-62-70(4,5)6)66(59-56-53-50-47-44-27-24-21-18-15-12-9-3)77-68(72)61-58-55-52-49-46-42-26-23-20-17-14-11-8-2/h11,14,17,20,23,26,28-29,56,59,65-66H,7-10,12-13,15-16,18-19,21-22,24-25,27,30-55,57-58,60-64H2,1-6H3,(H-,69,71,73,74)/p+1/b14-11+,20-17+,26-23-,29-28+,59-56-. The molecule has 0 saturated heterocycles. The summed E-state index contributed by atoms with van der Waals surface area (Å²) in [6.45, 7) is 6.89. The first kappa shape index (κ1) is 75.7. The summed E-state index contributed by atoms with van der Waals surface area (Å²) in [6, 6.07) is -0.856. The van der Waals surface area contributed by atoms with Gasteiger partial charge >= 0.3 is 13.8 Å². The second-order valence-electron chi connectivity index (χ2n) is 23.7. The summed E-state index contributed by atoms with van der Waals surface area (Å²) in [5.41, 5.74) is 0. The van der Waals surface area contributed by atoms with Crippen LogP contribution in [0.1, 0.15) is 310 Å². The summed E-state index contributed by atoms with van der Waals surface area (Å²) in [4.78, 5) is 37.7. The number of ether oxygens (including phenoxy) is 1. The lowest BCUT2D eigenvalue weighted by atomic mass is 10.0. The van der Waals surface area contributed by atoms with E-state index >= 15 is 0 Å². The molecule has 0 aromatic carbocycles. The third-order valence-electron chi connectivity index (χ3n) is 14.8. The number of carbonyl (C=O) groups is 2. The van der Waals surface area contributed by atoms with Crippen molar-refractivity contribution in [3.05, 3.63) is 60.8 Å². The van der Waals surface area contributed by atoms with E-state index in [1.165, 1.54) is 193 Å². The Kier molecular flexibility index (Phi) is 56.2. The summed E-state index contributed by atoms with van der Waals surface area (Å²) >= 11 is 0. The zero-order valence-corrected chi connectivity index (χ0v) is 53.1. The molecule has 0 radical (unpaired) electrons. The quantitative estimate of drug-likeness (QED) is 0.0156. The lowest BCUT2D eigenvalue weighted by molar-refractivity contribution is -0.870. The third kappa shape index (κ3) is 58.4. The Morgan fingerprint density at radius 3 is 1.26 bits per heavy atom. The van der Waals surface area contributed by atoms with Gasteiger partial charge in [0.1, 0.15) is 19.3 Å². The molecule has 10 heteroatoms. The molecule has 0 rings (SSSR count). The number of nitrogens with zero attached hydrogens (tertiary/aromatic N) is 1. The van der Waals surface area contributed by atoms with Crippen LogP contribution < -0.4 is 5.32 Å². The molecule has 0 aromatic heterocycles. The van der Waals surface area contributed by atoms with Crippen LogP contribution >= 0.6 is 7.82 Å². The molecule has 2 N–H and O–H groups in total. The van der Waals surface area contributed by atoms with Gasteiger partial charge in [0, 0.05) is 12.8 Å². The zero-order valence-electron chi connectivity index (χ0n) is 52.2. The predicted molar refractivity (Wildman–Crippen MR) is 337 cm³/mol. The molecule has 78 heavy (non-hydrogen) atoms. The van der Waals surface area contributed by atoms with Gasteiger partial charge in [-0.1, -0.05) is 281 Å². The number of esters is 1. The monoisotopic (exact) mass is 1120 g/mol. The fourth-order valence-electron chi connectivity index (χ4n) is 9.64. The molecular formula is C68H128N2O7P+. The fraction of sp³-hybridized carbons (Fsp3) is 0.824. The molecule has 1 amide bonds. The van der Waals surface area contributed by atoms with Gasteiger partial charge in [0.2, 0.25) is 5.91 Å². The lowest BCUT2D eigenvalue weighted by Gasteiger charge is -2.27. The molecule has 0 aliphatic heterocycles. The van der Waals surface area contributed by atoms with Crippen molar-refractivity contribution in [3.8, 4) is 0 Å². The van der Waals surface area contributed by atoms with Crippen molar-refractivity contribution in [3.63, 3.8) is 0 Å². The van der Waals surface area contributed by atoms with Crippen LogP contribution in [-0.2, 0) is 27.9 Å². The molecule has 9 nitrogen and oxygen atoms in total. The summed E-state index contributed by atoms with van der Waals surface area (Å²) in [6.07, 6.45) is 73.8. The largest absolute Gasteiger partial charge is 0.472 e. The highest BCUT2D eigenvalue weighted by atomic mass is 31.2. The average Bonchev–Trinajstić information content (AvgIpc) is 3.40. The van der Waals surface area contributed by atoms with Gasteiger partial charge in [-0.3, -0.25) is 18.6 Å². The number of amides is 1. The first-order valence-corrected chi connectivity index (χ1v) is 34.6. The van der Waals surface area contributed by atoms with Gasteiger partial charge in [-0.15, -0.1) is 0 Å². The maximum absolute atomic E-state index is 13.6. The molecule has 0 aromatic rings. The minimum absolute atomic E-state index is 0.0366. The number of rotatable bonds is 60. The van der Waals surface area contributed by atoms with Crippen molar-refractivity contribution in [2.45, 2.75) is 322 Å². The van der Waals surface area contributed by atoms with Crippen molar-refractivity contribution in [2.24, 2.45) is 0 Å². The summed E-state index contributed by atoms with van der Waals surface area (Å²) in [5, 5.41) is 3.06. The molecule has 3 unspecified atom stereocenters. The predicted octanol–water partition coefficient (Wildman–Crippen LogP) is 20.6. The molecule has 0 fully saturated rings. The number of allylic oxidation sites excluding steroid dienone is 9. The Bertz CT molecular complexity index is 1520. The molecule has 3 atom stereocenters. The Morgan fingerprint density at radius 1 is 0.462 bits per heavy atom. The highest BCUT2D eigenvalue weighted by molar-refractivity contribution is 7.47. The topological polar surface area (TPSA) is 111 Å². The first-order chi connectivity index (χ1) is 37.9. The smallest absolute Gasteiger partial charge is 0.456 e. The van der Waals surface area contributed by atoms with Crippen LogP contribution in [0.25, 0.3) is 0 Å². The van der Waals surface area contributed by atoms with E-state index in [0.29, 0.717) is 23.9 Å². The maximum atomic E-state index is 13.6. The molecule has 0 aliphatic carbocycles. The SMILES string of the molecule is CC/C=C/C=C/C=C\CCCCCCCC(=O)OC(/C=C\CCCCCCCCCCCC)C(COP(=O)(O)OCC[N+](C)(C)C)NC(=O)CCCCCCCCCCCCCCCCCCC/C=C/CCCCCCCC. The summed E-state index contributed by atoms with van der Waals surface area (Å²) < 4.78 is 30.7. The highest BCUT2D eigenvalue weighted by Crippen LogP contribution is 2.43. The van der Waals surface area contributed by atoms with Crippen LogP contribution in [-0.4, -0.2) is 74.3 Å². The third-order valence-corrected chi connectivity index (χ3v) is 15.7. The second-order valence-corrected chi connectivity index (χ2v) is 25.1. The number of quaternary nitrogens is 1. The van der Waals surface area contributed by atoms with Gasteiger partial charge in [0.15, 0.2) is 0 Å². The Morgan fingerprint density at radius 2 is 0.833 bits per heavy atom. The van der Waals surface area contributed by atoms with Crippen molar-refractivity contribution in [2.75, 3.05) is 40.9 Å². The summed E-state index contributed by atoms with van der Waals surface area (Å²) in [5.74, 6) is -0.520. The van der Waals surface area contributed by atoms with Gasteiger partial charge in [0.05, 0.1) is 33.8 Å². The van der Waals surface area contributed by atoms with Crippen LogP contribution in [0.5, 0.6) is 0 Å². The molecule has 0 heterocycles. The first-order valence-electron chi connectivity index (χ1n) is 33.1. The van der Waals surface area contributed by atoms with E-state index in [9.17, 15) is 19.0 Å². The van der Waals surface area contributed by atoms with E-state index in [4.69, 9.17) is 13.8 Å². The zero-order chi connectivity index (χ0) is 57.2. The minimum Gasteiger partial charge on any atom is -0.456 e. The van der Waals surface area contributed by atoms with Gasteiger partial charge < -0.3 is 19.4 Å². The van der Waals surface area contributed by atoms with Crippen molar-refractivity contribution in [1.82, 2.24) is 5.32 Å². The van der Waals surface area contributed by atoms with Gasteiger partial charge in [-0.2, -0.15) is 0 Å². The number of phosphoric ester groups is 1. The Labute approximate surface area is 483 Å². The van der Waals surface area contributed by atoms with Crippen LogP contribution in [0.4, 0.5) is 0 Å². The van der Waals surface area contributed by atoms with Gasteiger partial charge in [-0.25, -0.2) is 4.57 Å². The lowest BCUT2D eigenvalue weighted by Crippen LogP contribution is -2.47. The van der Waals surface area contributed by atoms with Crippen LogP contribution in [0.2, 0.25) is 0 Å². The van der Waals surface area contributed by atoms with Gasteiger partial charge in [0.25, 0.3) is 0 Å². The second kappa shape index (κ2) is 57.9. The average molecular weight is 1120 g/mol. The number of likely N-dealkylation sites (N-methyl/N-ethyl adjacent to an activating group) is 1. The van der Waals surface area contributed by atoms with E-state index < -0.39 is 20.0 Å². The van der Waals surface area contributed by atoms with Crippen molar-refractivity contribution < 1.29 is 37.3 Å². The normalized spacial score (nSPS) is 14.0. The Balaban J connectivity index is 4.99. The van der Waals surface area contributed by atoms with Crippen molar-refractivity contribution in [1.29, 1.82) is 0 Å². The van der Waals surface area contributed by atoms with E-state index in [0.717, 1.165) is 77.0 Å². The van der Waals surface area contributed by atoms with Gasteiger partial charge in [-0.05, 0) is 76.7 Å². The number of nitrogens with one attached hydrogen (secondary N) is 1. The number of unbranched alkanes of at least 4 members (excludes halogenated alkanes) is 38. The molecule has 0 saturated carbocycles. The molecule has 0 bridgehead atoms. The molecule has 0 aliphatic rings. The summed E-state index contributed by atoms with van der Waals surface area (Å²) in [7, 11) is 1.49. The number of phosphoric acid groups is 1. The van der Waals surface area contributed by atoms with E-state index in [1.807, 2.05) is 33.3 Å². The van der Waals surface area contributed by atoms with E-state index in [2.05, 4.69) is 74.7 Å². The number of carbonyl (C=O) groups excluding carboxylic acids is 2. The fourth-order valence-corrected chi connectivity index (χ4v) is 10.4. The van der Waals surface area contributed by atoms with Crippen LogP contribution in [0.15, 0.2) is 60.8 Å². The van der Waals surface area contributed by atoms with E-state index in [-0.39, 0.29) is 31.5 Å². The van der Waals surface area contributed by atoms with E-state index in [1.54, 1.807) is 0 Å². The molecule has 456 valence electrons. The highest BCUT2D eigenvalue weighted by Gasteiger charge is 2.30. The van der Waals surface area contributed by atoms with Crippen molar-refractivity contribution >= 4 is 19.7 Å². The molecule has 0 spiro atoms. The molecular weight excluding hydrogens is 988 g/mol.